The Hall–Kier alpha value is -2.90. The zero-order valence-electron chi connectivity index (χ0n) is 19.7. The van der Waals surface area contributed by atoms with Crippen LogP contribution in [-0.2, 0) is 11.2 Å². The highest BCUT2D eigenvalue weighted by molar-refractivity contribution is 6.00. The zero-order chi connectivity index (χ0) is 23.1. The molecule has 0 aromatic heterocycles. The van der Waals surface area contributed by atoms with Gasteiger partial charge in [-0.25, -0.2) is 4.79 Å². The molecule has 3 fully saturated rings. The fraction of sp³-hybridized carbons (Fsp3) is 0.462. The highest BCUT2D eigenvalue weighted by Crippen LogP contribution is 2.34. The van der Waals surface area contributed by atoms with Crippen LogP contribution in [0, 0.1) is 13.8 Å². The summed E-state index contributed by atoms with van der Waals surface area (Å²) in [5.74, 6) is -0.0753. The van der Waals surface area contributed by atoms with Gasteiger partial charge in [0.05, 0.1) is 0 Å². The van der Waals surface area contributed by atoms with Crippen molar-refractivity contribution in [1.29, 1.82) is 0 Å². The summed E-state index contributed by atoms with van der Waals surface area (Å²) in [7, 11) is 1.81. The summed E-state index contributed by atoms with van der Waals surface area (Å²) in [6.45, 7) is 6.45. The molecule has 0 radical (unpaired) electrons. The molecule has 0 aliphatic carbocycles. The van der Waals surface area contributed by atoms with E-state index in [0.717, 1.165) is 32.4 Å². The molecular weight excluding hydrogens is 414 g/mol. The number of urea groups is 1. The second-order valence-corrected chi connectivity index (χ2v) is 9.48. The summed E-state index contributed by atoms with van der Waals surface area (Å²) in [6, 6.07) is 16.2. The molecule has 0 spiro atoms. The van der Waals surface area contributed by atoms with Gasteiger partial charge in [0.15, 0.2) is 0 Å². The molecule has 7 nitrogen and oxygen atoms in total. The number of fused-ring (bicyclic) bond motifs is 3. The molecule has 3 heterocycles. The number of carbonyl (C=O) groups excluding carboxylic acids is 2. The summed E-state index contributed by atoms with van der Waals surface area (Å²) in [4.78, 5) is 34.5. The molecular formula is C26H33N5O2. The Morgan fingerprint density at radius 2 is 1.82 bits per heavy atom. The van der Waals surface area contributed by atoms with Crippen molar-refractivity contribution in [3.05, 3.63) is 65.2 Å². The minimum Gasteiger partial charge on any atom is -0.343 e. The van der Waals surface area contributed by atoms with E-state index in [1.54, 1.807) is 4.90 Å². The van der Waals surface area contributed by atoms with E-state index in [0.29, 0.717) is 6.54 Å². The predicted octanol–water partition coefficient (Wildman–Crippen LogP) is 2.92. The van der Waals surface area contributed by atoms with Gasteiger partial charge < -0.3 is 9.80 Å². The van der Waals surface area contributed by atoms with Crippen LogP contribution >= 0.6 is 0 Å². The normalized spacial score (nSPS) is 25.4. The summed E-state index contributed by atoms with van der Waals surface area (Å²) in [5.41, 5.74) is 4.88. The first-order chi connectivity index (χ1) is 16.0. The van der Waals surface area contributed by atoms with Gasteiger partial charge in [-0.1, -0.05) is 48.0 Å². The van der Waals surface area contributed by atoms with Crippen molar-refractivity contribution < 1.29 is 9.59 Å². The summed E-state index contributed by atoms with van der Waals surface area (Å²) in [6.07, 6.45) is 2.18. The van der Waals surface area contributed by atoms with E-state index in [1.165, 1.54) is 27.3 Å². The fourth-order valence-corrected chi connectivity index (χ4v) is 5.58. The van der Waals surface area contributed by atoms with Crippen LogP contribution in [0.3, 0.4) is 0 Å². The number of amides is 3. The number of carbonyl (C=O) groups is 2. The zero-order valence-corrected chi connectivity index (χ0v) is 19.7. The van der Waals surface area contributed by atoms with Gasteiger partial charge in [-0.2, -0.15) is 0 Å². The molecule has 3 unspecified atom stereocenters. The second kappa shape index (κ2) is 8.80. The maximum absolute atomic E-state index is 13.6. The van der Waals surface area contributed by atoms with E-state index in [9.17, 15) is 9.59 Å². The van der Waals surface area contributed by atoms with Crippen LogP contribution in [0.5, 0.6) is 0 Å². The highest BCUT2D eigenvalue weighted by atomic mass is 16.2. The Morgan fingerprint density at radius 1 is 1.03 bits per heavy atom. The van der Waals surface area contributed by atoms with E-state index in [4.69, 9.17) is 0 Å². The van der Waals surface area contributed by atoms with Crippen molar-refractivity contribution in [3.63, 3.8) is 0 Å². The number of aryl methyl sites for hydroxylation is 3. The van der Waals surface area contributed by atoms with Gasteiger partial charge in [-0.15, -0.1) is 0 Å². The van der Waals surface area contributed by atoms with Gasteiger partial charge in [0, 0.05) is 32.4 Å². The lowest BCUT2D eigenvalue weighted by Crippen LogP contribution is -2.66. The Morgan fingerprint density at radius 3 is 2.58 bits per heavy atom. The van der Waals surface area contributed by atoms with Crippen molar-refractivity contribution in [2.75, 3.05) is 31.6 Å². The number of benzene rings is 2. The molecule has 3 aliphatic heterocycles. The van der Waals surface area contributed by atoms with Crippen LogP contribution in [0.15, 0.2) is 48.5 Å². The van der Waals surface area contributed by atoms with Gasteiger partial charge in [0.2, 0.25) is 0 Å². The molecule has 2 aromatic rings. The Labute approximate surface area is 195 Å². The first kappa shape index (κ1) is 21.9. The lowest BCUT2D eigenvalue weighted by Gasteiger charge is -2.44. The molecule has 7 heteroatoms. The largest absolute Gasteiger partial charge is 0.343 e. The smallest absolute Gasteiger partial charge is 0.327 e. The summed E-state index contributed by atoms with van der Waals surface area (Å²) < 4.78 is 0. The van der Waals surface area contributed by atoms with Gasteiger partial charge in [0.25, 0.3) is 5.91 Å². The van der Waals surface area contributed by atoms with E-state index in [2.05, 4.69) is 59.3 Å². The van der Waals surface area contributed by atoms with E-state index < -0.39 is 0 Å². The average molecular weight is 448 g/mol. The number of nitrogens with zero attached hydrogens (tertiary/aromatic N) is 4. The molecule has 3 aliphatic rings. The Bertz CT molecular complexity index is 1040. The molecule has 3 amide bonds. The highest BCUT2D eigenvalue weighted by Gasteiger charge is 2.56. The monoisotopic (exact) mass is 447 g/mol. The van der Waals surface area contributed by atoms with Crippen LogP contribution < -0.4 is 10.2 Å². The number of anilines is 1. The fourth-order valence-electron chi connectivity index (χ4n) is 5.58. The lowest BCUT2D eigenvalue weighted by atomic mass is 10.1. The maximum atomic E-state index is 13.6. The van der Waals surface area contributed by atoms with Crippen molar-refractivity contribution in [3.8, 4) is 0 Å². The molecule has 0 saturated carbocycles. The second-order valence-electron chi connectivity index (χ2n) is 9.48. The van der Waals surface area contributed by atoms with E-state index in [-0.39, 0.29) is 30.4 Å². The first-order valence-electron chi connectivity index (χ1n) is 11.9. The standard InChI is InChI=1S/C26H33N5O2/c1-18-12-13-21(19(2)17-18)29-15-8-16-30-22-23(27-25(29)30)28(3)26(33)31(24(22)32)14-7-11-20-9-5-4-6-10-20/h4-6,9-10,12-13,17,22-23,25,27H,7-8,11,14-16H2,1-3H3. The third-order valence-electron chi connectivity index (χ3n) is 7.22. The van der Waals surface area contributed by atoms with Crippen LogP contribution in [-0.4, -0.2) is 71.8 Å². The van der Waals surface area contributed by atoms with Gasteiger partial charge >= 0.3 is 6.03 Å². The molecule has 3 saturated heterocycles. The molecule has 0 bridgehead atoms. The minimum atomic E-state index is -0.358. The molecule has 1 N–H and O–H groups in total. The van der Waals surface area contributed by atoms with Crippen LogP contribution in [0.1, 0.15) is 29.5 Å². The van der Waals surface area contributed by atoms with Crippen LogP contribution in [0.2, 0.25) is 0 Å². The van der Waals surface area contributed by atoms with Crippen molar-refractivity contribution in [1.82, 2.24) is 20.0 Å². The molecule has 3 atom stereocenters. The first-order valence-corrected chi connectivity index (χ1v) is 11.9. The summed E-state index contributed by atoms with van der Waals surface area (Å²) >= 11 is 0. The van der Waals surface area contributed by atoms with E-state index >= 15 is 0 Å². The SMILES string of the molecule is Cc1ccc(N2CCCN3C4C(=O)N(CCCc5ccccc5)C(=O)N(C)C4NC23)c(C)c1. The molecule has 2 aromatic carbocycles. The average Bonchev–Trinajstić information content (AvgIpc) is 3.21. The van der Waals surface area contributed by atoms with Gasteiger partial charge in [-0.3, -0.25) is 19.9 Å². The minimum absolute atomic E-state index is 0.0753. The van der Waals surface area contributed by atoms with Crippen LogP contribution in [0.25, 0.3) is 0 Å². The number of likely N-dealkylation sites (N-methyl/N-ethyl adjacent to an activating group) is 1. The molecule has 5 rings (SSSR count). The Balaban J connectivity index is 1.35. The quantitative estimate of drug-likeness (QED) is 0.764. The number of nitrogens with one attached hydrogen (secondary N) is 1. The van der Waals surface area contributed by atoms with Gasteiger partial charge in [-0.05, 0) is 50.3 Å². The maximum Gasteiger partial charge on any atom is 0.327 e. The topological polar surface area (TPSA) is 59.1 Å². The van der Waals surface area contributed by atoms with Gasteiger partial charge in [0.1, 0.15) is 18.5 Å². The summed E-state index contributed by atoms with van der Waals surface area (Å²) in [5, 5.41) is 3.61. The van der Waals surface area contributed by atoms with Crippen LogP contribution in [0.4, 0.5) is 10.5 Å². The number of rotatable bonds is 5. The lowest BCUT2D eigenvalue weighted by molar-refractivity contribution is -0.138. The molecule has 174 valence electrons. The predicted molar refractivity (Wildman–Crippen MR) is 129 cm³/mol. The van der Waals surface area contributed by atoms with E-state index in [1.807, 2.05) is 25.2 Å². The number of hydrogen-bond acceptors (Lipinski definition) is 5. The third kappa shape index (κ3) is 3.89. The Kier molecular flexibility index (Phi) is 5.85. The number of imide groups is 1. The molecule has 33 heavy (non-hydrogen) atoms. The third-order valence-corrected chi connectivity index (χ3v) is 7.22. The number of hydrogen-bond donors (Lipinski definition) is 1. The van der Waals surface area contributed by atoms with Crippen molar-refractivity contribution in [2.24, 2.45) is 0 Å². The van der Waals surface area contributed by atoms with Crippen molar-refractivity contribution in [2.45, 2.75) is 51.6 Å². The van der Waals surface area contributed by atoms with Crippen molar-refractivity contribution >= 4 is 17.6 Å².